The van der Waals surface area contributed by atoms with Crippen LogP contribution in [0, 0.1) is 7.14 Å². The van der Waals surface area contributed by atoms with Gasteiger partial charge in [0.2, 0.25) is 5.91 Å². The van der Waals surface area contributed by atoms with E-state index >= 15 is 0 Å². The Kier molecular flexibility index (Phi) is 3.11. The minimum Gasteiger partial charge on any atom is -0.366 e. The second kappa shape index (κ2) is 3.70. The summed E-state index contributed by atoms with van der Waals surface area (Å²) in [4.78, 5) is 10.8. The van der Waals surface area contributed by atoms with E-state index in [1.54, 1.807) is 6.07 Å². The van der Waals surface area contributed by atoms with Gasteiger partial charge in [-0.25, -0.2) is 0 Å². The molecule has 0 aromatic heterocycles. The summed E-state index contributed by atoms with van der Waals surface area (Å²) in [7, 11) is 0. The molecule has 0 saturated carbocycles. The fourth-order valence-electron chi connectivity index (χ4n) is 0.686. The maximum atomic E-state index is 10.8. The van der Waals surface area contributed by atoms with Crippen LogP contribution >= 0.6 is 45.2 Å². The first-order valence-electron chi connectivity index (χ1n) is 2.86. The predicted octanol–water partition coefficient (Wildman–Crippen LogP) is 1.99. The third-order valence-corrected chi connectivity index (χ3v) is 2.81. The van der Waals surface area contributed by atoms with Gasteiger partial charge in [0.05, 0.1) is 5.56 Å². The molecule has 2 nitrogen and oxygen atoms in total. The van der Waals surface area contributed by atoms with E-state index in [9.17, 15) is 4.79 Å². The average molecular weight is 373 g/mol. The molecule has 0 unspecified atom stereocenters. The fourth-order valence-corrected chi connectivity index (χ4v) is 1.78. The summed E-state index contributed by atoms with van der Waals surface area (Å²) in [6.07, 6.45) is 0. The van der Waals surface area contributed by atoms with Crippen LogP contribution in [0.3, 0.4) is 0 Å². The van der Waals surface area contributed by atoms with Crippen LogP contribution in [0.15, 0.2) is 18.2 Å². The van der Waals surface area contributed by atoms with E-state index in [1.165, 1.54) is 0 Å². The summed E-state index contributed by atoms with van der Waals surface area (Å²) in [6.45, 7) is 0. The molecule has 0 spiro atoms. The van der Waals surface area contributed by atoms with Gasteiger partial charge < -0.3 is 5.73 Å². The SMILES string of the molecule is NC(=O)c1cc(I)ccc1I. The molecule has 2 N–H and O–H groups in total. The van der Waals surface area contributed by atoms with Crippen molar-refractivity contribution >= 4 is 51.1 Å². The smallest absolute Gasteiger partial charge is 0.249 e. The Morgan fingerprint density at radius 2 is 2.00 bits per heavy atom. The molecule has 0 bridgehead atoms. The van der Waals surface area contributed by atoms with E-state index in [2.05, 4.69) is 45.2 Å². The zero-order valence-electron chi connectivity index (χ0n) is 5.47. The Balaban J connectivity index is 3.23. The molecule has 0 radical (unpaired) electrons. The number of nitrogens with two attached hydrogens (primary N) is 1. The number of hydrogen-bond acceptors (Lipinski definition) is 1. The van der Waals surface area contributed by atoms with Gasteiger partial charge in [-0.3, -0.25) is 4.79 Å². The Bertz CT molecular complexity index is 298. The number of primary amides is 1. The number of hydrogen-bond donors (Lipinski definition) is 1. The van der Waals surface area contributed by atoms with E-state index in [-0.39, 0.29) is 5.91 Å². The van der Waals surface area contributed by atoms with Gasteiger partial charge in [-0.1, -0.05) is 0 Å². The van der Waals surface area contributed by atoms with Crippen LogP contribution in [-0.2, 0) is 0 Å². The molecular formula is C7H5I2NO. The molecule has 11 heavy (non-hydrogen) atoms. The average Bonchev–Trinajstić information content (AvgIpc) is 1.94. The third-order valence-electron chi connectivity index (χ3n) is 1.19. The maximum absolute atomic E-state index is 10.8. The Labute approximate surface area is 91.8 Å². The number of halogens is 2. The van der Waals surface area contributed by atoms with Crippen molar-refractivity contribution in [1.29, 1.82) is 0 Å². The predicted molar refractivity (Wildman–Crippen MR) is 60.4 cm³/mol. The van der Waals surface area contributed by atoms with E-state index < -0.39 is 0 Å². The molecule has 0 aliphatic carbocycles. The van der Waals surface area contributed by atoms with Crippen molar-refractivity contribution < 1.29 is 4.79 Å². The number of amides is 1. The lowest BCUT2D eigenvalue weighted by Crippen LogP contribution is -2.12. The first-order valence-corrected chi connectivity index (χ1v) is 5.02. The van der Waals surface area contributed by atoms with Gasteiger partial charge in [-0.15, -0.1) is 0 Å². The summed E-state index contributed by atoms with van der Waals surface area (Å²) in [5.41, 5.74) is 5.73. The summed E-state index contributed by atoms with van der Waals surface area (Å²) in [6, 6.07) is 5.60. The van der Waals surface area contributed by atoms with Gasteiger partial charge in [-0.2, -0.15) is 0 Å². The maximum Gasteiger partial charge on any atom is 0.249 e. The number of benzene rings is 1. The van der Waals surface area contributed by atoms with Crippen LogP contribution in [0.25, 0.3) is 0 Å². The van der Waals surface area contributed by atoms with Crippen LogP contribution in [-0.4, -0.2) is 5.91 Å². The molecule has 1 amide bonds. The summed E-state index contributed by atoms with van der Waals surface area (Å²) in [5, 5.41) is 0. The quantitative estimate of drug-likeness (QED) is 0.753. The first kappa shape index (κ1) is 9.24. The van der Waals surface area contributed by atoms with Crippen molar-refractivity contribution in [3.05, 3.63) is 30.9 Å². The van der Waals surface area contributed by atoms with Gasteiger partial charge in [0.25, 0.3) is 0 Å². The molecule has 0 aliphatic rings. The normalized spacial score (nSPS) is 9.64. The lowest BCUT2D eigenvalue weighted by atomic mass is 10.2. The monoisotopic (exact) mass is 373 g/mol. The van der Waals surface area contributed by atoms with Gasteiger partial charge in [0.1, 0.15) is 0 Å². The van der Waals surface area contributed by atoms with Crippen molar-refractivity contribution in [3.8, 4) is 0 Å². The molecule has 0 atom stereocenters. The Morgan fingerprint density at radius 1 is 1.36 bits per heavy atom. The highest BCUT2D eigenvalue weighted by molar-refractivity contribution is 14.1. The Hall–Kier alpha value is 0.150. The molecular weight excluding hydrogens is 368 g/mol. The third kappa shape index (κ3) is 2.29. The Morgan fingerprint density at radius 3 is 2.45 bits per heavy atom. The van der Waals surface area contributed by atoms with Gasteiger partial charge >= 0.3 is 0 Å². The number of carbonyl (C=O) groups is 1. The molecule has 4 heteroatoms. The van der Waals surface area contributed by atoms with Crippen molar-refractivity contribution in [2.24, 2.45) is 5.73 Å². The van der Waals surface area contributed by atoms with E-state index in [1.807, 2.05) is 12.1 Å². The van der Waals surface area contributed by atoms with Crippen molar-refractivity contribution in [2.75, 3.05) is 0 Å². The summed E-state index contributed by atoms with van der Waals surface area (Å²) in [5.74, 6) is -0.368. The standard InChI is InChI=1S/C7H5I2NO/c8-4-1-2-6(9)5(3-4)7(10)11/h1-3H,(H2,10,11). The van der Waals surface area contributed by atoms with Crippen LogP contribution < -0.4 is 5.73 Å². The number of rotatable bonds is 1. The van der Waals surface area contributed by atoms with Crippen molar-refractivity contribution in [2.45, 2.75) is 0 Å². The van der Waals surface area contributed by atoms with Crippen molar-refractivity contribution in [3.63, 3.8) is 0 Å². The highest BCUT2D eigenvalue weighted by atomic mass is 127. The molecule has 0 fully saturated rings. The minimum absolute atomic E-state index is 0.368. The van der Waals surface area contributed by atoms with Crippen LogP contribution in [0.5, 0.6) is 0 Å². The van der Waals surface area contributed by atoms with Gasteiger partial charge in [0, 0.05) is 7.14 Å². The van der Waals surface area contributed by atoms with E-state index in [0.717, 1.165) is 7.14 Å². The summed E-state index contributed by atoms with van der Waals surface area (Å²) >= 11 is 4.23. The summed E-state index contributed by atoms with van der Waals surface area (Å²) < 4.78 is 1.92. The fraction of sp³-hybridized carbons (Fsp3) is 0. The van der Waals surface area contributed by atoms with Gasteiger partial charge in [-0.05, 0) is 63.4 Å². The largest absolute Gasteiger partial charge is 0.366 e. The van der Waals surface area contributed by atoms with Gasteiger partial charge in [0.15, 0.2) is 0 Å². The van der Waals surface area contributed by atoms with Crippen LogP contribution in [0.4, 0.5) is 0 Å². The molecule has 1 aromatic carbocycles. The highest BCUT2D eigenvalue weighted by Gasteiger charge is 2.04. The molecule has 0 aliphatic heterocycles. The van der Waals surface area contributed by atoms with Crippen molar-refractivity contribution in [1.82, 2.24) is 0 Å². The zero-order chi connectivity index (χ0) is 8.43. The zero-order valence-corrected chi connectivity index (χ0v) is 9.79. The first-order chi connectivity index (χ1) is 5.11. The minimum atomic E-state index is -0.368. The molecule has 0 saturated heterocycles. The lowest BCUT2D eigenvalue weighted by Gasteiger charge is -1.98. The van der Waals surface area contributed by atoms with E-state index in [0.29, 0.717) is 5.56 Å². The van der Waals surface area contributed by atoms with Crippen LogP contribution in [0.1, 0.15) is 10.4 Å². The molecule has 1 aromatic rings. The highest BCUT2D eigenvalue weighted by Crippen LogP contribution is 2.14. The van der Waals surface area contributed by atoms with Crippen LogP contribution in [0.2, 0.25) is 0 Å². The van der Waals surface area contributed by atoms with E-state index in [4.69, 9.17) is 5.73 Å². The number of carbonyl (C=O) groups excluding carboxylic acids is 1. The molecule has 0 heterocycles. The molecule has 1 rings (SSSR count). The second-order valence-corrected chi connectivity index (χ2v) is 4.40. The topological polar surface area (TPSA) is 43.1 Å². The lowest BCUT2D eigenvalue weighted by molar-refractivity contribution is 0.0999. The second-order valence-electron chi connectivity index (χ2n) is 1.99. The molecule has 58 valence electrons.